The molecule has 2 amide bonds. The number of nitrogens with zero attached hydrogens (tertiary/aromatic N) is 2. The number of carbonyl (C=O) groups is 2. The molecular weight excluding hydrogens is 487 g/mol. The third kappa shape index (κ3) is 4.73. The molecule has 0 aliphatic rings. The third-order valence-electron chi connectivity index (χ3n) is 5.30. The first-order valence-electron chi connectivity index (χ1n) is 10.5. The number of hydrogen-bond donors (Lipinski definition) is 2. The normalized spacial score (nSPS) is 10.8. The molecule has 9 heteroatoms. The molecule has 0 aliphatic carbocycles. The summed E-state index contributed by atoms with van der Waals surface area (Å²) in [4.78, 5) is 29.8. The molecule has 0 fully saturated rings. The van der Waals surface area contributed by atoms with Crippen molar-refractivity contribution in [2.45, 2.75) is 0 Å². The van der Waals surface area contributed by atoms with Crippen molar-refractivity contribution in [1.29, 1.82) is 0 Å². The van der Waals surface area contributed by atoms with Gasteiger partial charge in [-0.15, -0.1) is 0 Å². The number of rotatable bonds is 5. The van der Waals surface area contributed by atoms with E-state index in [9.17, 15) is 9.59 Å². The molecule has 2 heterocycles. The van der Waals surface area contributed by atoms with Crippen LogP contribution >= 0.6 is 23.2 Å². The molecule has 0 aliphatic heterocycles. The fourth-order valence-corrected chi connectivity index (χ4v) is 4.10. The van der Waals surface area contributed by atoms with Gasteiger partial charge in [-0.3, -0.25) is 19.9 Å². The van der Waals surface area contributed by atoms with Crippen LogP contribution in [0.3, 0.4) is 0 Å². The number of carbonyl (C=O) groups excluding carboxylic acids is 2. The molecule has 0 spiro atoms. The van der Waals surface area contributed by atoms with E-state index in [0.29, 0.717) is 22.0 Å². The minimum Gasteiger partial charge on any atom is -0.338 e. The average Bonchev–Trinajstić information content (AvgIpc) is 3.38. The van der Waals surface area contributed by atoms with Crippen LogP contribution in [0.1, 0.15) is 20.7 Å². The maximum absolute atomic E-state index is 12.9. The molecule has 0 unspecified atom stereocenters. The number of halogens is 2. The van der Waals surface area contributed by atoms with Crippen molar-refractivity contribution in [3.63, 3.8) is 0 Å². The van der Waals surface area contributed by atoms with Crippen LogP contribution in [0, 0.1) is 0 Å². The summed E-state index contributed by atoms with van der Waals surface area (Å²) < 4.78 is 4.86. The highest BCUT2D eigenvalue weighted by Gasteiger charge is 2.16. The van der Waals surface area contributed by atoms with Gasteiger partial charge in [0.1, 0.15) is 0 Å². The Kier molecular flexibility index (Phi) is 6.18. The van der Waals surface area contributed by atoms with E-state index < -0.39 is 11.8 Å². The molecule has 172 valence electrons. The monoisotopic (exact) mass is 502 g/mol. The lowest BCUT2D eigenvalue weighted by Crippen LogP contribution is -2.15. The summed E-state index contributed by atoms with van der Waals surface area (Å²) in [5, 5.41) is 11.5. The lowest BCUT2D eigenvalue weighted by molar-refractivity contribution is 0.101. The number of pyridine rings is 1. The Balaban J connectivity index is 1.39. The number of aromatic nitrogens is 2. The minimum absolute atomic E-state index is 0.123. The van der Waals surface area contributed by atoms with Crippen LogP contribution in [0.4, 0.5) is 11.6 Å². The Bertz CT molecular complexity index is 1560. The zero-order valence-corrected chi connectivity index (χ0v) is 19.5. The predicted octanol–water partition coefficient (Wildman–Crippen LogP) is 6.70. The van der Waals surface area contributed by atoms with Gasteiger partial charge < -0.3 is 9.84 Å². The van der Waals surface area contributed by atoms with Crippen LogP contribution in [0.15, 0.2) is 89.7 Å². The quantitative estimate of drug-likeness (QED) is 0.278. The van der Waals surface area contributed by atoms with Gasteiger partial charge >= 0.3 is 0 Å². The summed E-state index contributed by atoms with van der Waals surface area (Å²) in [6.07, 6.45) is 3.13. The molecule has 0 atom stereocenters. The first-order valence-corrected chi connectivity index (χ1v) is 11.2. The fraction of sp³-hybridized carbons (Fsp3) is 0. The number of hydrogen-bond acceptors (Lipinski definition) is 5. The summed E-state index contributed by atoms with van der Waals surface area (Å²) in [5.74, 6) is -0.677. The average molecular weight is 503 g/mol. The maximum atomic E-state index is 12.9. The van der Waals surface area contributed by atoms with E-state index in [0.717, 1.165) is 10.8 Å². The summed E-state index contributed by atoms with van der Waals surface area (Å²) in [7, 11) is 0. The van der Waals surface area contributed by atoms with Crippen molar-refractivity contribution in [3.8, 4) is 11.3 Å². The molecule has 7 nitrogen and oxygen atoms in total. The van der Waals surface area contributed by atoms with E-state index >= 15 is 0 Å². The summed E-state index contributed by atoms with van der Waals surface area (Å²) in [5.41, 5.74) is 2.39. The lowest BCUT2D eigenvalue weighted by atomic mass is 10.0. The molecule has 0 bridgehead atoms. The Hall–Kier alpha value is -4.20. The van der Waals surface area contributed by atoms with Gasteiger partial charge in [-0.25, -0.2) is 0 Å². The SMILES string of the molecule is O=C(Nc1ccno1)c1ccc(C(=O)Nc2ccc(Cl)c(-c3nccc4ccccc34)c2)c(Cl)c1. The highest BCUT2D eigenvalue weighted by molar-refractivity contribution is 6.35. The number of benzene rings is 3. The lowest BCUT2D eigenvalue weighted by Gasteiger charge is -2.12. The van der Waals surface area contributed by atoms with Crippen LogP contribution in [0.25, 0.3) is 22.0 Å². The minimum atomic E-state index is -0.444. The Morgan fingerprint density at radius 3 is 2.46 bits per heavy atom. The van der Waals surface area contributed by atoms with Crippen LogP contribution in [-0.2, 0) is 0 Å². The van der Waals surface area contributed by atoms with Gasteiger partial charge in [0.05, 0.1) is 27.5 Å². The Morgan fingerprint density at radius 2 is 1.66 bits per heavy atom. The smallest absolute Gasteiger partial charge is 0.258 e. The van der Waals surface area contributed by atoms with Gasteiger partial charge in [-0.2, -0.15) is 0 Å². The van der Waals surface area contributed by atoms with Crippen molar-refractivity contribution in [2.24, 2.45) is 0 Å². The Morgan fingerprint density at radius 1 is 0.800 bits per heavy atom. The second-order valence-electron chi connectivity index (χ2n) is 7.55. The summed E-state index contributed by atoms with van der Waals surface area (Å²) in [6.45, 7) is 0. The van der Waals surface area contributed by atoms with E-state index in [4.69, 9.17) is 27.7 Å². The van der Waals surface area contributed by atoms with Crippen molar-refractivity contribution in [1.82, 2.24) is 10.1 Å². The first kappa shape index (κ1) is 22.6. The van der Waals surface area contributed by atoms with Gasteiger partial charge in [0.25, 0.3) is 11.8 Å². The second kappa shape index (κ2) is 9.58. The molecule has 35 heavy (non-hydrogen) atoms. The number of fused-ring (bicyclic) bond motifs is 1. The second-order valence-corrected chi connectivity index (χ2v) is 8.37. The molecule has 2 aromatic heterocycles. The predicted molar refractivity (Wildman–Crippen MR) is 136 cm³/mol. The molecule has 0 radical (unpaired) electrons. The molecular formula is C26H16Cl2N4O3. The van der Waals surface area contributed by atoms with Crippen LogP contribution in [-0.4, -0.2) is 22.0 Å². The van der Waals surface area contributed by atoms with Crippen molar-refractivity contribution in [3.05, 3.63) is 106 Å². The molecule has 0 saturated heterocycles. The van der Waals surface area contributed by atoms with Crippen LogP contribution in [0.5, 0.6) is 0 Å². The van der Waals surface area contributed by atoms with Gasteiger partial charge in [-0.1, -0.05) is 52.6 Å². The first-order chi connectivity index (χ1) is 17.0. The van der Waals surface area contributed by atoms with Crippen LogP contribution in [0.2, 0.25) is 10.0 Å². The van der Waals surface area contributed by atoms with Crippen molar-refractivity contribution < 1.29 is 14.1 Å². The van der Waals surface area contributed by atoms with Crippen molar-refractivity contribution in [2.75, 3.05) is 10.6 Å². The van der Waals surface area contributed by atoms with E-state index in [1.807, 2.05) is 30.3 Å². The number of nitrogens with one attached hydrogen (secondary N) is 2. The van der Waals surface area contributed by atoms with Crippen LogP contribution < -0.4 is 10.6 Å². The summed E-state index contributed by atoms with van der Waals surface area (Å²) >= 11 is 12.8. The van der Waals surface area contributed by atoms with E-state index in [-0.39, 0.29) is 22.0 Å². The molecule has 3 aromatic carbocycles. The Labute approximate surface area is 209 Å². The zero-order chi connectivity index (χ0) is 24.4. The largest absolute Gasteiger partial charge is 0.338 e. The van der Waals surface area contributed by atoms with Gasteiger partial charge in [-0.05, 0) is 47.9 Å². The fourth-order valence-electron chi connectivity index (χ4n) is 3.62. The van der Waals surface area contributed by atoms with Crippen molar-refractivity contribution >= 4 is 57.4 Å². The maximum Gasteiger partial charge on any atom is 0.258 e. The van der Waals surface area contributed by atoms with E-state index in [2.05, 4.69) is 20.8 Å². The van der Waals surface area contributed by atoms with E-state index in [1.165, 1.54) is 30.5 Å². The molecule has 5 rings (SSSR count). The highest BCUT2D eigenvalue weighted by atomic mass is 35.5. The summed E-state index contributed by atoms with van der Waals surface area (Å²) in [6, 6.07) is 20.9. The molecule has 2 N–H and O–H groups in total. The zero-order valence-electron chi connectivity index (χ0n) is 18.0. The topological polar surface area (TPSA) is 97.1 Å². The number of anilines is 2. The van der Waals surface area contributed by atoms with Gasteiger partial charge in [0, 0.05) is 34.5 Å². The standard InChI is InChI=1S/C26H16Cl2N4O3/c27-21-8-6-17(14-20(21)24-18-4-2-1-3-15(18)9-11-29-24)31-26(34)19-7-5-16(13-22(19)28)25(33)32-23-10-12-30-35-23/h1-14H,(H,31,34)(H,32,33). The number of amides is 2. The molecule has 0 saturated carbocycles. The van der Waals surface area contributed by atoms with Gasteiger partial charge in [0.15, 0.2) is 0 Å². The third-order valence-corrected chi connectivity index (χ3v) is 5.95. The van der Waals surface area contributed by atoms with E-state index in [1.54, 1.807) is 24.4 Å². The van der Waals surface area contributed by atoms with Gasteiger partial charge in [0.2, 0.25) is 5.88 Å². The molecule has 5 aromatic rings. The highest BCUT2D eigenvalue weighted by Crippen LogP contribution is 2.34.